The van der Waals surface area contributed by atoms with E-state index in [1.807, 2.05) is 50.2 Å². The van der Waals surface area contributed by atoms with Gasteiger partial charge in [-0.3, -0.25) is 9.59 Å². The van der Waals surface area contributed by atoms with Crippen LogP contribution in [-0.4, -0.2) is 32.3 Å². The van der Waals surface area contributed by atoms with Gasteiger partial charge in [0.25, 0.3) is 10.9 Å². The molecule has 3 aromatic rings. The summed E-state index contributed by atoms with van der Waals surface area (Å²) in [7, 11) is 0.518. The zero-order valence-corrected chi connectivity index (χ0v) is 18.9. The van der Waals surface area contributed by atoms with E-state index in [0.717, 1.165) is 24.5 Å². The molecule has 1 heterocycles. The molecule has 2 N–H and O–H groups in total. The third-order valence-electron chi connectivity index (χ3n) is 5.23. The summed E-state index contributed by atoms with van der Waals surface area (Å²) in [6.07, 6.45) is 0. The summed E-state index contributed by atoms with van der Waals surface area (Å²) >= 11 is 0. The first-order valence-electron chi connectivity index (χ1n) is 10.3. The average Bonchev–Trinajstić information content (AvgIpc) is 3.19. The van der Waals surface area contributed by atoms with Crippen LogP contribution in [0.3, 0.4) is 0 Å². The lowest BCUT2D eigenvalue weighted by Crippen LogP contribution is -2.41. The molecule has 1 fully saturated rings. The van der Waals surface area contributed by atoms with E-state index in [-0.39, 0.29) is 0 Å². The first-order chi connectivity index (χ1) is 14.9. The van der Waals surface area contributed by atoms with E-state index in [1.54, 1.807) is 7.05 Å². The van der Waals surface area contributed by atoms with E-state index in [0.29, 0.717) is 17.9 Å². The summed E-state index contributed by atoms with van der Waals surface area (Å²) in [6.45, 7) is 6.11. The van der Waals surface area contributed by atoms with Gasteiger partial charge in [0.2, 0.25) is 8.45 Å². The number of anilines is 4. The Morgan fingerprint density at radius 3 is 1.84 bits per heavy atom. The van der Waals surface area contributed by atoms with Crippen molar-refractivity contribution in [2.24, 2.45) is 0 Å². The van der Waals surface area contributed by atoms with Gasteiger partial charge >= 0.3 is 0 Å². The maximum absolute atomic E-state index is 11.9. The molecule has 1 aliphatic heterocycles. The molecule has 0 bridgehead atoms. The van der Waals surface area contributed by atoms with Gasteiger partial charge in [-0.25, -0.2) is 0 Å². The molecule has 4 rings (SSSR count). The van der Waals surface area contributed by atoms with Gasteiger partial charge in [0.1, 0.15) is 11.4 Å². The number of hydrogen-bond donors (Lipinski definition) is 2. The first kappa shape index (κ1) is 21.3. The number of hydrogen-bond acceptors (Lipinski definition) is 7. The van der Waals surface area contributed by atoms with Crippen LogP contribution < -0.4 is 30.8 Å². The highest BCUT2D eigenvalue weighted by molar-refractivity contribution is 7.56. The van der Waals surface area contributed by atoms with Crippen molar-refractivity contribution in [3.63, 3.8) is 0 Å². The second-order valence-electron chi connectivity index (χ2n) is 8.03. The highest BCUT2D eigenvalue weighted by Crippen LogP contribution is 2.55. The smallest absolute Gasteiger partial charge is 0.253 e. The standard InChI is InChI=1S/C23H27N4O3P/c1-23(2,16-25-20-19(24-3)21(28)22(20)29)30-31-26(17-10-6-4-7-11-17)14-15-27(31)18-12-8-5-9-13-18/h4-13,24-25H,14-16H2,1-3H3. The molecule has 0 unspecified atom stereocenters. The van der Waals surface area contributed by atoms with Gasteiger partial charge in [0.15, 0.2) is 0 Å². The monoisotopic (exact) mass is 438 g/mol. The Morgan fingerprint density at radius 1 is 0.871 bits per heavy atom. The Hall–Kier alpha value is -2.89. The van der Waals surface area contributed by atoms with Gasteiger partial charge < -0.3 is 24.5 Å². The predicted molar refractivity (Wildman–Crippen MR) is 129 cm³/mol. The van der Waals surface area contributed by atoms with Crippen LogP contribution in [0, 0.1) is 0 Å². The molecule has 31 heavy (non-hydrogen) atoms. The van der Waals surface area contributed by atoms with Crippen molar-refractivity contribution in [3.05, 3.63) is 81.1 Å². The van der Waals surface area contributed by atoms with E-state index in [2.05, 4.69) is 44.2 Å². The maximum Gasteiger partial charge on any atom is 0.253 e. The van der Waals surface area contributed by atoms with E-state index in [1.165, 1.54) is 0 Å². The summed E-state index contributed by atoms with van der Waals surface area (Å²) in [5.41, 5.74) is 1.37. The quantitative estimate of drug-likeness (QED) is 0.410. The van der Waals surface area contributed by atoms with Gasteiger partial charge in [-0.15, -0.1) is 0 Å². The Morgan fingerprint density at radius 2 is 1.35 bits per heavy atom. The van der Waals surface area contributed by atoms with Crippen LogP contribution in [0.25, 0.3) is 0 Å². The molecule has 162 valence electrons. The topological polar surface area (TPSA) is 73.9 Å². The molecular weight excluding hydrogens is 411 g/mol. The molecule has 0 aromatic heterocycles. The summed E-state index contributed by atoms with van der Waals surface area (Å²) in [5.74, 6) is 0. The molecule has 0 atom stereocenters. The van der Waals surface area contributed by atoms with Crippen molar-refractivity contribution in [1.29, 1.82) is 0 Å². The van der Waals surface area contributed by atoms with Gasteiger partial charge in [-0.1, -0.05) is 36.4 Å². The third-order valence-corrected chi connectivity index (χ3v) is 7.57. The van der Waals surface area contributed by atoms with Crippen molar-refractivity contribution in [2.75, 3.05) is 46.7 Å². The van der Waals surface area contributed by atoms with Gasteiger partial charge in [0.05, 0.1) is 5.60 Å². The molecule has 3 aromatic carbocycles. The first-order valence-corrected chi connectivity index (χ1v) is 11.5. The molecule has 1 saturated heterocycles. The third kappa shape index (κ3) is 4.29. The van der Waals surface area contributed by atoms with Gasteiger partial charge in [-0.05, 0) is 38.1 Å². The molecule has 0 saturated carbocycles. The largest absolute Gasteiger partial charge is 0.383 e. The van der Waals surface area contributed by atoms with Gasteiger partial charge in [-0.2, -0.15) is 0 Å². The van der Waals surface area contributed by atoms with Crippen molar-refractivity contribution in [3.8, 4) is 0 Å². The van der Waals surface area contributed by atoms with Crippen LogP contribution in [0.5, 0.6) is 0 Å². The van der Waals surface area contributed by atoms with E-state index in [4.69, 9.17) is 4.52 Å². The number of para-hydroxylation sites is 2. The lowest BCUT2D eigenvalue weighted by molar-refractivity contribution is 0.142. The van der Waals surface area contributed by atoms with Crippen LogP contribution >= 0.6 is 8.45 Å². The van der Waals surface area contributed by atoms with Crippen molar-refractivity contribution < 1.29 is 4.52 Å². The minimum atomic E-state index is -1.12. The van der Waals surface area contributed by atoms with Crippen LogP contribution in [0.4, 0.5) is 22.7 Å². The van der Waals surface area contributed by atoms with Crippen molar-refractivity contribution >= 4 is 31.2 Å². The second kappa shape index (κ2) is 8.69. The fraction of sp³-hybridized carbons (Fsp3) is 0.304. The normalized spacial score (nSPS) is 14.9. The number of nitrogens with zero attached hydrogens (tertiary/aromatic N) is 2. The minimum Gasteiger partial charge on any atom is -0.383 e. The fourth-order valence-electron chi connectivity index (χ4n) is 3.60. The zero-order valence-electron chi connectivity index (χ0n) is 18.0. The molecule has 0 spiro atoms. The van der Waals surface area contributed by atoms with Crippen LogP contribution in [0.15, 0.2) is 70.3 Å². The molecule has 8 heteroatoms. The highest BCUT2D eigenvalue weighted by atomic mass is 31.2. The summed E-state index contributed by atoms with van der Waals surface area (Å²) in [6, 6.07) is 20.5. The molecule has 0 amide bonds. The molecular formula is C23H27N4O3P. The zero-order chi connectivity index (χ0) is 22.0. The van der Waals surface area contributed by atoms with E-state index in [9.17, 15) is 9.59 Å². The lowest BCUT2D eigenvalue weighted by atomic mass is 10.1. The summed E-state index contributed by atoms with van der Waals surface area (Å²) in [5, 5.41) is 5.91. The Labute approximate surface area is 183 Å². The van der Waals surface area contributed by atoms with Crippen LogP contribution in [0.2, 0.25) is 0 Å². The van der Waals surface area contributed by atoms with Gasteiger partial charge in [0, 0.05) is 38.1 Å². The highest BCUT2D eigenvalue weighted by Gasteiger charge is 2.39. The van der Waals surface area contributed by atoms with E-state index < -0.39 is 24.9 Å². The molecule has 0 radical (unpaired) electrons. The number of nitrogens with one attached hydrogen (secondary N) is 2. The lowest BCUT2D eigenvalue weighted by Gasteiger charge is -2.37. The van der Waals surface area contributed by atoms with Crippen LogP contribution in [-0.2, 0) is 4.52 Å². The SMILES string of the molecule is CNc1c(NCC(C)(C)OP2N(c3ccccc3)CCN2c2ccccc2)c(=O)c1=O. The van der Waals surface area contributed by atoms with Crippen LogP contribution in [0.1, 0.15) is 13.8 Å². The summed E-state index contributed by atoms with van der Waals surface area (Å²) < 4.78 is 11.3. The Balaban J connectivity index is 1.55. The van der Waals surface area contributed by atoms with E-state index >= 15 is 0 Å². The second-order valence-corrected chi connectivity index (χ2v) is 9.69. The number of benzene rings is 2. The van der Waals surface area contributed by atoms with Crippen molar-refractivity contribution in [2.45, 2.75) is 19.4 Å². The van der Waals surface area contributed by atoms with Crippen molar-refractivity contribution in [1.82, 2.24) is 0 Å². The minimum absolute atomic E-state index is 0.336. The Bertz CT molecular complexity index is 1050. The molecule has 7 nitrogen and oxygen atoms in total. The number of rotatable bonds is 8. The fourth-order valence-corrected chi connectivity index (χ4v) is 5.75. The molecule has 0 aliphatic carbocycles. The predicted octanol–water partition coefficient (Wildman–Crippen LogP) is 3.79. The summed E-state index contributed by atoms with van der Waals surface area (Å²) in [4.78, 5) is 23.6. The average molecular weight is 438 g/mol. The maximum atomic E-state index is 11.9. The Kier molecular flexibility index (Phi) is 5.99. The molecule has 1 aliphatic rings.